The molecule has 7 nitrogen and oxygen atoms in total. The Labute approximate surface area is 174 Å². The van der Waals surface area contributed by atoms with Crippen LogP contribution in [0.3, 0.4) is 0 Å². The van der Waals surface area contributed by atoms with E-state index >= 15 is 0 Å². The summed E-state index contributed by atoms with van der Waals surface area (Å²) in [5.74, 6) is -1.12. The molecule has 0 aliphatic carbocycles. The highest BCUT2D eigenvalue weighted by Gasteiger charge is 2.11. The van der Waals surface area contributed by atoms with Crippen LogP contribution in [0.1, 0.15) is 5.56 Å². The standard InChI is InChI=1S/C15H17F2N7.3ClH/c16-14-2-1-13(15(17)7-14)8-22(3-5-23-11-18-9-20-23)4-6-24-12-19-10-21-24;;;/h1-2,7,9-12H,3-6,8H2;3*1H. The van der Waals surface area contributed by atoms with Crippen molar-refractivity contribution in [1.82, 2.24) is 34.4 Å². The molecule has 0 fully saturated rings. The average molecular weight is 443 g/mol. The predicted octanol–water partition coefficient (Wildman–Crippen LogP) is 2.62. The van der Waals surface area contributed by atoms with Gasteiger partial charge in [0.2, 0.25) is 0 Å². The highest BCUT2D eigenvalue weighted by atomic mass is 35.5. The lowest BCUT2D eigenvalue weighted by Crippen LogP contribution is -2.31. The lowest BCUT2D eigenvalue weighted by Gasteiger charge is -2.22. The Bertz CT molecular complexity index is 719. The third-order valence-corrected chi connectivity index (χ3v) is 3.63. The summed E-state index contributed by atoms with van der Waals surface area (Å²) in [6.07, 6.45) is 6.21. The van der Waals surface area contributed by atoms with Gasteiger partial charge in [-0.3, -0.25) is 14.3 Å². The molecule has 3 aromatic rings. The Balaban J connectivity index is 0.00000225. The summed E-state index contributed by atoms with van der Waals surface area (Å²) in [7, 11) is 0. The molecule has 0 atom stereocenters. The van der Waals surface area contributed by atoms with Crippen molar-refractivity contribution in [3.05, 3.63) is 60.7 Å². The molecule has 0 bridgehead atoms. The van der Waals surface area contributed by atoms with Crippen LogP contribution in [0.4, 0.5) is 8.78 Å². The monoisotopic (exact) mass is 441 g/mol. The molecular formula is C15H20Cl3F2N7. The van der Waals surface area contributed by atoms with Crippen molar-refractivity contribution >= 4 is 37.2 Å². The summed E-state index contributed by atoms with van der Waals surface area (Å²) in [5.41, 5.74) is 0.452. The number of aromatic nitrogens is 6. The lowest BCUT2D eigenvalue weighted by atomic mass is 10.2. The van der Waals surface area contributed by atoms with E-state index in [1.54, 1.807) is 22.0 Å². The molecule has 0 saturated carbocycles. The van der Waals surface area contributed by atoms with Gasteiger partial charge in [-0.2, -0.15) is 10.2 Å². The van der Waals surface area contributed by atoms with E-state index in [1.165, 1.54) is 24.8 Å². The smallest absolute Gasteiger partial charge is 0.137 e. The predicted molar refractivity (Wildman–Crippen MR) is 103 cm³/mol. The summed E-state index contributed by atoms with van der Waals surface area (Å²) in [6, 6.07) is 3.65. The van der Waals surface area contributed by atoms with Crippen molar-refractivity contribution in [3.63, 3.8) is 0 Å². The SMILES string of the molecule is Cl.Cl.Cl.Fc1ccc(CN(CCn2cncn2)CCn2cncn2)c(F)c1. The van der Waals surface area contributed by atoms with Crippen molar-refractivity contribution in [2.45, 2.75) is 19.6 Å². The second-order valence-corrected chi connectivity index (χ2v) is 5.33. The van der Waals surface area contributed by atoms with Crippen LogP contribution in [0.2, 0.25) is 0 Å². The molecule has 0 aliphatic rings. The van der Waals surface area contributed by atoms with Gasteiger partial charge in [-0.1, -0.05) is 6.07 Å². The number of rotatable bonds is 8. The van der Waals surface area contributed by atoms with E-state index in [1.807, 2.05) is 0 Å². The molecule has 3 rings (SSSR count). The summed E-state index contributed by atoms with van der Waals surface area (Å²) >= 11 is 0. The van der Waals surface area contributed by atoms with E-state index in [4.69, 9.17) is 0 Å². The van der Waals surface area contributed by atoms with Gasteiger partial charge >= 0.3 is 0 Å². The first kappa shape index (κ1) is 25.2. The zero-order valence-corrected chi connectivity index (χ0v) is 16.6. The molecule has 0 amide bonds. The minimum atomic E-state index is -0.576. The molecule has 0 spiro atoms. The Morgan fingerprint density at radius 1 is 0.852 bits per heavy atom. The van der Waals surface area contributed by atoms with Gasteiger partial charge in [0.25, 0.3) is 0 Å². The van der Waals surface area contributed by atoms with E-state index < -0.39 is 11.6 Å². The Morgan fingerprint density at radius 3 is 1.85 bits per heavy atom. The average Bonchev–Trinajstić information content (AvgIpc) is 3.26. The molecule has 27 heavy (non-hydrogen) atoms. The normalized spacial score (nSPS) is 10.0. The zero-order valence-electron chi connectivity index (χ0n) is 14.2. The number of halogens is 5. The third kappa shape index (κ3) is 7.76. The molecule has 2 heterocycles. The lowest BCUT2D eigenvalue weighted by molar-refractivity contribution is 0.234. The molecular weight excluding hydrogens is 423 g/mol. The van der Waals surface area contributed by atoms with Gasteiger partial charge in [0.1, 0.15) is 36.9 Å². The fourth-order valence-electron chi connectivity index (χ4n) is 2.34. The molecule has 0 aliphatic heterocycles. The fourth-order valence-corrected chi connectivity index (χ4v) is 2.34. The summed E-state index contributed by atoms with van der Waals surface area (Å²) in [6.45, 7) is 2.92. The number of hydrogen-bond acceptors (Lipinski definition) is 5. The maximum Gasteiger partial charge on any atom is 0.137 e. The number of nitrogens with zero attached hydrogens (tertiary/aromatic N) is 7. The summed E-state index contributed by atoms with van der Waals surface area (Å²) in [5, 5.41) is 8.12. The van der Waals surface area contributed by atoms with Crippen molar-refractivity contribution in [2.75, 3.05) is 13.1 Å². The van der Waals surface area contributed by atoms with Gasteiger partial charge in [0.05, 0.1) is 13.1 Å². The number of benzene rings is 1. The van der Waals surface area contributed by atoms with Gasteiger partial charge in [0.15, 0.2) is 0 Å². The maximum absolute atomic E-state index is 13.9. The van der Waals surface area contributed by atoms with E-state index in [0.29, 0.717) is 38.3 Å². The molecule has 150 valence electrons. The van der Waals surface area contributed by atoms with Crippen molar-refractivity contribution in [2.24, 2.45) is 0 Å². The first-order valence-electron chi connectivity index (χ1n) is 7.52. The van der Waals surface area contributed by atoms with Crippen molar-refractivity contribution in [1.29, 1.82) is 0 Å². The van der Waals surface area contributed by atoms with Crippen LogP contribution >= 0.6 is 37.2 Å². The number of hydrogen-bond donors (Lipinski definition) is 0. The topological polar surface area (TPSA) is 64.7 Å². The van der Waals surface area contributed by atoms with E-state index in [0.717, 1.165) is 6.07 Å². The molecule has 2 aromatic heterocycles. The minimum absolute atomic E-state index is 0. The van der Waals surface area contributed by atoms with Crippen LogP contribution in [0.5, 0.6) is 0 Å². The molecule has 0 radical (unpaired) electrons. The highest BCUT2D eigenvalue weighted by Crippen LogP contribution is 2.12. The van der Waals surface area contributed by atoms with Crippen LogP contribution in [-0.2, 0) is 19.6 Å². The molecule has 0 N–H and O–H groups in total. The van der Waals surface area contributed by atoms with E-state index in [2.05, 4.69) is 25.1 Å². The second-order valence-electron chi connectivity index (χ2n) is 5.33. The molecule has 0 unspecified atom stereocenters. The Morgan fingerprint density at radius 2 is 1.41 bits per heavy atom. The highest BCUT2D eigenvalue weighted by molar-refractivity contribution is 5.86. The van der Waals surface area contributed by atoms with Gasteiger partial charge in [-0.05, 0) is 6.07 Å². The Kier molecular flexibility index (Phi) is 11.7. The van der Waals surface area contributed by atoms with Gasteiger partial charge < -0.3 is 0 Å². The summed E-state index contributed by atoms with van der Waals surface area (Å²) < 4.78 is 30.4. The van der Waals surface area contributed by atoms with Crippen molar-refractivity contribution < 1.29 is 8.78 Å². The van der Waals surface area contributed by atoms with Crippen LogP contribution in [-0.4, -0.2) is 47.5 Å². The first-order chi connectivity index (χ1) is 11.7. The van der Waals surface area contributed by atoms with Crippen LogP contribution in [0.15, 0.2) is 43.5 Å². The van der Waals surface area contributed by atoms with Gasteiger partial charge in [-0.15, -0.1) is 37.2 Å². The zero-order chi connectivity index (χ0) is 16.8. The van der Waals surface area contributed by atoms with Crippen molar-refractivity contribution in [3.8, 4) is 0 Å². The largest absolute Gasteiger partial charge is 0.295 e. The van der Waals surface area contributed by atoms with Crippen LogP contribution in [0, 0.1) is 11.6 Å². The first-order valence-corrected chi connectivity index (χ1v) is 7.52. The molecule has 12 heteroatoms. The summed E-state index contributed by atoms with van der Waals surface area (Å²) in [4.78, 5) is 9.86. The van der Waals surface area contributed by atoms with Gasteiger partial charge in [-0.25, -0.2) is 18.7 Å². The second kappa shape index (κ2) is 12.6. The Hall–Kier alpha value is -1.81. The van der Waals surface area contributed by atoms with Crippen LogP contribution in [0.25, 0.3) is 0 Å². The molecule has 1 aromatic carbocycles. The maximum atomic E-state index is 13.9. The van der Waals surface area contributed by atoms with Crippen LogP contribution < -0.4 is 0 Å². The van der Waals surface area contributed by atoms with Gasteiger partial charge in [0, 0.05) is 31.3 Å². The van der Waals surface area contributed by atoms with E-state index in [-0.39, 0.29) is 37.2 Å². The quantitative estimate of drug-likeness (QED) is 0.536. The fraction of sp³-hybridized carbons (Fsp3) is 0.333. The third-order valence-electron chi connectivity index (χ3n) is 3.63. The molecule has 0 saturated heterocycles. The minimum Gasteiger partial charge on any atom is -0.295 e. The van der Waals surface area contributed by atoms with E-state index in [9.17, 15) is 8.78 Å².